The van der Waals surface area contributed by atoms with Crippen LogP contribution in [0.5, 0.6) is 0 Å². The van der Waals surface area contributed by atoms with Crippen LogP contribution in [0.3, 0.4) is 0 Å². The molecule has 4 rings (SSSR count). The molecule has 3 heterocycles. The van der Waals surface area contributed by atoms with Crippen LogP contribution in [-0.2, 0) is 18.0 Å². The molecule has 0 spiro atoms. The number of pyridine rings is 1. The summed E-state index contributed by atoms with van der Waals surface area (Å²) in [6, 6.07) is 10.2. The lowest BCUT2D eigenvalue weighted by molar-refractivity contribution is 0.0593. The predicted molar refractivity (Wildman–Crippen MR) is 93.9 cm³/mol. The molecule has 1 aromatic carbocycles. The summed E-state index contributed by atoms with van der Waals surface area (Å²) in [6.07, 6.45) is 2.33. The van der Waals surface area contributed by atoms with E-state index in [1.54, 1.807) is 0 Å². The zero-order valence-electron chi connectivity index (χ0n) is 14.1. The number of rotatable bonds is 4. The highest BCUT2D eigenvalue weighted by atomic mass is 16.5. The number of unbranched alkanes of at least 4 members (excludes halogenated alkanes) is 1. The third kappa shape index (κ3) is 2.27. The first kappa shape index (κ1) is 15.1. The molecule has 0 saturated carbocycles. The number of nitrogens with zero attached hydrogens (tertiary/aromatic N) is 3. The van der Waals surface area contributed by atoms with Gasteiger partial charge in [0.1, 0.15) is 5.69 Å². The Balaban J connectivity index is 1.95. The molecule has 0 N–H and O–H groups in total. The lowest BCUT2D eigenvalue weighted by atomic mass is 10.1. The molecule has 5 nitrogen and oxygen atoms in total. The number of esters is 1. The van der Waals surface area contributed by atoms with Crippen molar-refractivity contribution in [1.29, 1.82) is 0 Å². The highest BCUT2D eigenvalue weighted by molar-refractivity contribution is 6.10. The molecular formula is C19H21N3O2. The first-order chi connectivity index (χ1) is 11.7. The van der Waals surface area contributed by atoms with Gasteiger partial charge in [-0.25, -0.2) is 9.78 Å². The van der Waals surface area contributed by atoms with E-state index in [2.05, 4.69) is 39.6 Å². The van der Waals surface area contributed by atoms with Gasteiger partial charge in [-0.3, -0.25) is 4.90 Å². The van der Waals surface area contributed by atoms with Crippen LogP contribution in [0.2, 0.25) is 0 Å². The molecule has 5 heteroatoms. The van der Waals surface area contributed by atoms with E-state index in [0.29, 0.717) is 5.69 Å². The van der Waals surface area contributed by atoms with Gasteiger partial charge in [0.05, 0.1) is 30.5 Å². The summed E-state index contributed by atoms with van der Waals surface area (Å²) in [5.41, 5.74) is 3.70. The average molecular weight is 323 g/mol. The first-order valence-corrected chi connectivity index (χ1v) is 8.44. The molecule has 3 aromatic rings. The quantitative estimate of drug-likeness (QED) is 0.689. The maximum absolute atomic E-state index is 12.0. The van der Waals surface area contributed by atoms with Crippen molar-refractivity contribution in [3.63, 3.8) is 0 Å². The summed E-state index contributed by atoms with van der Waals surface area (Å²) in [5.74, 6) is -0.379. The lowest BCUT2D eigenvalue weighted by Gasteiger charge is -2.28. The summed E-state index contributed by atoms with van der Waals surface area (Å²) in [4.78, 5) is 19.0. The molecule has 2 aromatic heterocycles. The van der Waals surface area contributed by atoms with Crippen molar-refractivity contribution in [3.05, 3.63) is 41.7 Å². The van der Waals surface area contributed by atoms with Crippen molar-refractivity contribution in [2.24, 2.45) is 0 Å². The number of ether oxygens (including phenoxy) is 1. The maximum atomic E-state index is 12.0. The van der Waals surface area contributed by atoms with E-state index >= 15 is 0 Å². The minimum Gasteiger partial charge on any atom is -0.464 e. The summed E-state index contributed by atoms with van der Waals surface area (Å²) in [5, 5.41) is 2.25. The highest BCUT2D eigenvalue weighted by Gasteiger charge is 2.25. The van der Waals surface area contributed by atoms with Gasteiger partial charge < -0.3 is 9.30 Å². The summed E-state index contributed by atoms with van der Waals surface area (Å²) >= 11 is 0. The molecular weight excluding hydrogens is 302 g/mol. The fourth-order valence-electron chi connectivity index (χ4n) is 3.61. The third-order valence-corrected chi connectivity index (χ3v) is 4.76. The summed E-state index contributed by atoms with van der Waals surface area (Å²) in [7, 11) is 1.40. The van der Waals surface area contributed by atoms with Gasteiger partial charge in [-0.1, -0.05) is 31.5 Å². The Labute approximate surface area is 140 Å². The fraction of sp³-hybridized carbons (Fsp3) is 0.368. The van der Waals surface area contributed by atoms with Gasteiger partial charge >= 0.3 is 5.97 Å². The second kappa shape index (κ2) is 5.91. The number of aromatic nitrogens is 2. The minimum atomic E-state index is -0.379. The molecule has 0 aliphatic carbocycles. The standard InChI is InChI=1S/C19H21N3O2/c1-3-4-9-21-11-16-18-14(10-15(20-16)19(23)24-2)13-7-5-6-8-17(13)22(18)12-21/h5-8,10H,3-4,9,11-12H2,1-2H3. The molecule has 0 radical (unpaired) electrons. The van der Waals surface area contributed by atoms with E-state index in [0.717, 1.165) is 42.8 Å². The van der Waals surface area contributed by atoms with Crippen molar-refractivity contribution in [2.75, 3.05) is 13.7 Å². The number of hydrogen-bond donors (Lipinski definition) is 0. The first-order valence-electron chi connectivity index (χ1n) is 8.44. The summed E-state index contributed by atoms with van der Waals surface area (Å²) in [6.45, 7) is 4.89. The molecule has 124 valence electrons. The Kier molecular flexibility index (Phi) is 3.73. The predicted octanol–water partition coefficient (Wildman–Crippen LogP) is 3.55. The number of carbonyl (C=O) groups excluding carboxylic acids is 1. The van der Waals surface area contributed by atoms with Crippen LogP contribution in [0.15, 0.2) is 30.3 Å². The van der Waals surface area contributed by atoms with Crippen molar-refractivity contribution < 1.29 is 9.53 Å². The van der Waals surface area contributed by atoms with Gasteiger partial charge in [0.25, 0.3) is 0 Å². The molecule has 0 fully saturated rings. The van der Waals surface area contributed by atoms with Crippen molar-refractivity contribution in [1.82, 2.24) is 14.5 Å². The normalized spacial score (nSPS) is 14.4. The highest BCUT2D eigenvalue weighted by Crippen LogP contribution is 2.34. The molecule has 1 aliphatic heterocycles. The van der Waals surface area contributed by atoms with Crippen LogP contribution < -0.4 is 0 Å². The number of carbonyl (C=O) groups is 1. The van der Waals surface area contributed by atoms with Gasteiger partial charge in [0, 0.05) is 23.9 Å². The second-order valence-corrected chi connectivity index (χ2v) is 6.33. The Morgan fingerprint density at radius 3 is 2.92 bits per heavy atom. The average Bonchev–Trinajstić information content (AvgIpc) is 2.94. The zero-order valence-corrected chi connectivity index (χ0v) is 14.1. The van der Waals surface area contributed by atoms with E-state index in [9.17, 15) is 4.79 Å². The van der Waals surface area contributed by atoms with Crippen molar-refractivity contribution in [2.45, 2.75) is 33.0 Å². The number of hydrogen-bond acceptors (Lipinski definition) is 4. The Morgan fingerprint density at radius 1 is 1.29 bits per heavy atom. The summed E-state index contributed by atoms with van der Waals surface area (Å²) < 4.78 is 7.22. The monoisotopic (exact) mass is 323 g/mol. The third-order valence-electron chi connectivity index (χ3n) is 4.76. The van der Waals surface area contributed by atoms with Gasteiger partial charge in [0.15, 0.2) is 0 Å². The van der Waals surface area contributed by atoms with E-state index < -0.39 is 0 Å². The van der Waals surface area contributed by atoms with E-state index in [-0.39, 0.29) is 5.97 Å². The van der Waals surface area contributed by atoms with Crippen LogP contribution in [0.25, 0.3) is 21.8 Å². The van der Waals surface area contributed by atoms with Gasteiger partial charge in [-0.2, -0.15) is 0 Å². The number of fused-ring (bicyclic) bond motifs is 3. The van der Waals surface area contributed by atoms with Gasteiger partial charge in [-0.05, 0) is 18.6 Å². The Morgan fingerprint density at radius 2 is 2.12 bits per heavy atom. The van der Waals surface area contributed by atoms with Crippen LogP contribution in [0, 0.1) is 0 Å². The van der Waals surface area contributed by atoms with E-state index in [1.165, 1.54) is 24.4 Å². The number of methoxy groups -OCH3 is 1. The topological polar surface area (TPSA) is 47.4 Å². The molecule has 0 bridgehead atoms. The molecule has 24 heavy (non-hydrogen) atoms. The molecule has 1 aliphatic rings. The van der Waals surface area contributed by atoms with Crippen LogP contribution >= 0.6 is 0 Å². The number of benzene rings is 1. The zero-order chi connectivity index (χ0) is 16.7. The van der Waals surface area contributed by atoms with E-state index in [1.807, 2.05) is 12.1 Å². The fourth-order valence-corrected chi connectivity index (χ4v) is 3.61. The molecule has 0 unspecified atom stereocenters. The van der Waals surface area contributed by atoms with Crippen LogP contribution in [0.4, 0.5) is 0 Å². The Bertz CT molecular complexity index is 929. The van der Waals surface area contributed by atoms with E-state index in [4.69, 9.17) is 4.74 Å². The second-order valence-electron chi connectivity index (χ2n) is 6.33. The van der Waals surface area contributed by atoms with Crippen LogP contribution in [0.1, 0.15) is 35.9 Å². The SMILES string of the molecule is CCCCN1Cc2nc(C(=O)OC)cc3c4ccccc4n(c23)C1. The maximum Gasteiger partial charge on any atom is 0.356 e. The molecule has 0 saturated heterocycles. The van der Waals surface area contributed by atoms with Crippen LogP contribution in [-0.4, -0.2) is 34.1 Å². The smallest absolute Gasteiger partial charge is 0.356 e. The largest absolute Gasteiger partial charge is 0.464 e. The van der Waals surface area contributed by atoms with Crippen molar-refractivity contribution in [3.8, 4) is 0 Å². The lowest BCUT2D eigenvalue weighted by Crippen LogP contribution is -2.31. The minimum absolute atomic E-state index is 0.379. The number of para-hydroxylation sites is 1. The molecule has 0 atom stereocenters. The van der Waals surface area contributed by atoms with Crippen molar-refractivity contribution >= 4 is 27.8 Å². The van der Waals surface area contributed by atoms with Gasteiger partial charge in [-0.15, -0.1) is 0 Å². The van der Waals surface area contributed by atoms with Gasteiger partial charge in [0.2, 0.25) is 0 Å². The Hall–Kier alpha value is -2.40. The molecule has 0 amide bonds.